The van der Waals surface area contributed by atoms with Crippen LogP contribution in [-0.2, 0) is 0 Å². The van der Waals surface area contributed by atoms with Crippen molar-refractivity contribution >= 4 is 11.5 Å². The van der Waals surface area contributed by atoms with E-state index in [0.717, 1.165) is 16.8 Å². The van der Waals surface area contributed by atoms with Gasteiger partial charge in [-0.25, -0.2) is 14.8 Å². The molecule has 3 aromatic rings. The summed E-state index contributed by atoms with van der Waals surface area (Å²) in [6.45, 7) is 7.34. The molecule has 0 aliphatic rings. The Bertz CT molecular complexity index is 841. The third-order valence-electron chi connectivity index (χ3n) is 3.62. The molecule has 0 amide bonds. The van der Waals surface area contributed by atoms with E-state index < -0.39 is 6.10 Å². The van der Waals surface area contributed by atoms with Gasteiger partial charge in [0.25, 0.3) is 0 Å². The fourth-order valence-corrected chi connectivity index (χ4v) is 2.31. The molecule has 0 fully saturated rings. The molecule has 0 spiro atoms. The summed E-state index contributed by atoms with van der Waals surface area (Å²) in [7, 11) is 0. The molecule has 0 saturated carbocycles. The molecule has 1 aromatic heterocycles. The van der Waals surface area contributed by atoms with Crippen molar-refractivity contribution < 1.29 is 5.11 Å². The van der Waals surface area contributed by atoms with Crippen molar-refractivity contribution in [3.05, 3.63) is 84.0 Å². The van der Waals surface area contributed by atoms with Crippen LogP contribution in [0.5, 0.6) is 0 Å². The number of aliphatic hydroxyl groups excluding tert-OH is 1. The summed E-state index contributed by atoms with van der Waals surface area (Å²) in [6.07, 6.45) is 0.873. The number of aromatic nitrogens is 2. The first kappa shape index (κ1) is 15.7. The number of rotatable bonds is 5. The Hall–Kier alpha value is -3.23. The summed E-state index contributed by atoms with van der Waals surface area (Å²) in [5.41, 5.74) is 3.13. The first-order valence-corrected chi connectivity index (χ1v) is 7.53. The Balaban J connectivity index is 1.70. The van der Waals surface area contributed by atoms with E-state index in [-0.39, 0.29) is 0 Å². The normalized spacial score (nSPS) is 11.5. The van der Waals surface area contributed by atoms with Crippen LogP contribution in [0.15, 0.2) is 67.0 Å². The van der Waals surface area contributed by atoms with Crippen LogP contribution in [0, 0.1) is 6.57 Å². The Morgan fingerprint density at radius 2 is 1.79 bits per heavy atom. The highest BCUT2D eigenvalue weighted by molar-refractivity contribution is 5.65. The fourth-order valence-electron chi connectivity index (χ4n) is 2.31. The molecule has 1 heterocycles. The molecule has 0 saturated heterocycles. The molecule has 118 valence electrons. The minimum Gasteiger partial charge on any atom is -0.387 e. The lowest BCUT2D eigenvalue weighted by Crippen LogP contribution is -2.13. The molecule has 0 bridgehead atoms. The van der Waals surface area contributed by atoms with Gasteiger partial charge in [-0.3, -0.25) is 0 Å². The van der Waals surface area contributed by atoms with E-state index in [0.29, 0.717) is 18.1 Å². The van der Waals surface area contributed by atoms with Crippen molar-refractivity contribution in [3.63, 3.8) is 0 Å². The van der Waals surface area contributed by atoms with E-state index >= 15 is 0 Å². The van der Waals surface area contributed by atoms with Crippen LogP contribution in [0.3, 0.4) is 0 Å². The quantitative estimate of drug-likeness (QED) is 0.702. The summed E-state index contributed by atoms with van der Waals surface area (Å²) in [5.74, 6) is 0.643. The standard InChI is InChI=1S/C19H16N4O/c1-20-16-9-7-14(8-10-16)17-11-19(23-13-22-17)21-12-18(24)15-5-3-2-4-6-15/h2-11,13,18,24H,12H2,(H,21,22,23). The smallest absolute Gasteiger partial charge is 0.187 e. The minimum absolute atomic E-state index is 0.358. The molecule has 24 heavy (non-hydrogen) atoms. The number of anilines is 1. The van der Waals surface area contributed by atoms with Gasteiger partial charge >= 0.3 is 0 Å². The van der Waals surface area contributed by atoms with E-state index in [2.05, 4.69) is 20.1 Å². The number of aliphatic hydroxyl groups is 1. The van der Waals surface area contributed by atoms with Crippen LogP contribution in [0.4, 0.5) is 11.5 Å². The van der Waals surface area contributed by atoms with Crippen LogP contribution < -0.4 is 5.32 Å². The first-order chi connectivity index (χ1) is 11.8. The molecule has 0 radical (unpaired) electrons. The average molecular weight is 316 g/mol. The maximum atomic E-state index is 10.2. The third kappa shape index (κ3) is 3.75. The van der Waals surface area contributed by atoms with Gasteiger partial charge in [-0.15, -0.1) is 0 Å². The zero-order valence-electron chi connectivity index (χ0n) is 12.9. The number of hydrogen-bond acceptors (Lipinski definition) is 4. The number of nitrogens with zero attached hydrogens (tertiary/aromatic N) is 3. The van der Waals surface area contributed by atoms with E-state index in [4.69, 9.17) is 6.57 Å². The van der Waals surface area contributed by atoms with Gasteiger partial charge in [-0.2, -0.15) is 0 Å². The number of nitrogens with one attached hydrogen (secondary N) is 1. The summed E-state index contributed by atoms with van der Waals surface area (Å²) >= 11 is 0. The Labute approximate surface area is 140 Å². The van der Waals surface area contributed by atoms with Crippen molar-refractivity contribution in [1.29, 1.82) is 0 Å². The second-order valence-electron chi connectivity index (χ2n) is 5.25. The van der Waals surface area contributed by atoms with Crippen LogP contribution in [-0.4, -0.2) is 21.6 Å². The summed E-state index contributed by atoms with van der Waals surface area (Å²) < 4.78 is 0. The van der Waals surface area contributed by atoms with E-state index in [9.17, 15) is 5.11 Å². The number of benzene rings is 2. The highest BCUT2D eigenvalue weighted by atomic mass is 16.3. The fraction of sp³-hybridized carbons (Fsp3) is 0.105. The molecule has 2 N–H and O–H groups in total. The number of hydrogen-bond donors (Lipinski definition) is 2. The molecular formula is C19H16N4O. The Morgan fingerprint density at radius 3 is 2.50 bits per heavy atom. The zero-order chi connectivity index (χ0) is 16.8. The second-order valence-corrected chi connectivity index (χ2v) is 5.25. The molecule has 5 nitrogen and oxygen atoms in total. The van der Waals surface area contributed by atoms with Crippen molar-refractivity contribution in [2.24, 2.45) is 0 Å². The lowest BCUT2D eigenvalue weighted by molar-refractivity contribution is 0.191. The lowest BCUT2D eigenvalue weighted by Gasteiger charge is -2.13. The van der Waals surface area contributed by atoms with Crippen molar-refractivity contribution in [3.8, 4) is 11.3 Å². The predicted molar refractivity (Wildman–Crippen MR) is 93.6 cm³/mol. The molecule has 1 unspecified atom stereocenters. The monoisotopic (exact) mass is 316 g/mol. The summed E-state index contributed by atoms with van der Waals surface area (Å²) in [5, 5.41) is 13.3. The second kappa shape index (κ2) is 7.36. The molecule has 1 atom stereocenters. The van der Waals surface area contributed by atoms with Gasteiger partial charge in [-0.05, 0) is 11.1 Å². The average Bonchev–Trinajstić information content (AvgIpc) is 2.67. The molecule has 3 rings (SSSR count). The van der Waals surface area contributed by atoms with Gasteiger partial charge in [0.2, 0.25) is 0 Å². The maximum Gasteiger partial charge on any atom is 0.187 e. The SMILES string of the molecule is [C-]#[N+]c1ccc(-c2cc(NCC(O)c3ccccc3)ncn2)cc1. The van der Waals surface area contributed by atoms with Gasteiger partial charge in [0, 0.05) is 12.6 Å². The third-order valence-corrected chi connectivity index (χ3v) is 3.62. The molecule has 2 aromatic carbocycles. The lowest BCUT2D eigenvalue weighted by atomic mass is 10.1. The summed E-state index contributed by atoms with van der Waals surface area (Å²) in [4.78, 5) is 11.8. The first-order valence-electron chi connectivity index (χ1n) is 7.53. The van der Waals surface area contributed by atoms with Crippen molar-refractivity contribution in [2.75, 3.05) is 11.9 Å². The zero-order valence-corrected chi connectivity index (χ0v) is 12.9. The van der Waals surface area contributed by atoms with E-state index in [1.54, 1.807) is 12.1 Å². The van der Waals surface area contributed by atoms with Crippen molar-refractivity contribution in [2.45, 2.75) is 6.10 Å². The molecule has 0 aliphatic carbocycles. The van der Waals surface area contributed by atoms with Gasteiger partial charge in [0.05, 0.1) is 18.4 Å². The van der Waals surface area contributed by atoms with E-state index in [1.807, 2.05) is 48.5 Å². The highest BCUT2D eigenvalue weighted by Crippen LogP contribution is 2.22. The molecule has 0 aliphatic heterocycles. The topological polar surface area (TPSA) is 62.4 Å². The molecular weight excluding hydrogens is 300 g/mol. The Morgan fingerprint density at radius 1 is 1.04 bits per heavy atom. The van der Waals surface area contributed by atoms with Crippen LogP contribution >= 0.6 is 0 Å². The van der Waals surface area contributed by atoms with Crippen LogP contribution in [0.25, 0.3) is 16.1 Å². The highest BCUT2D eigenvalue weighted by Gasteiger charge is 2.08. The van der Waals surface area contributed by atoms with Crippen LogP contribution in [0.2, 0.25) is 0 Å². The van der Waals surface area contributed by atoms with Crippen molar-refractivity contribution in [1.82, 2.24) is 9.97 Å². The Kier molecular flexibility index (Phi) is 4.80. The van der Waals surface area contributed by atoms with Gasteiger partial charge in [0.1, 0.15) is 12.1 Å². The predicted octanol–water partition coefficient (Wildman–Crippen LogP) is 3.84. The summed E-state index contributed by atoms with van der Waals surface area (Å²) in [6, 6.07) is 18.5. The van der Waals surface area contributed by atoms with Gasteiger partial charge < -0.3 is 10.4 Å². The largest absolute Gasteiger partial charge is 0.387 e. The minimum atomic E-state index is -0.609. The molecule has 5 heteroatoms. The van der Waals surface area contributed by atoms with E-state index in [1.165, 1.54) is 6.33 Å². The van der Waals surface area contributed by atoms with Crippen LogP contribution in [0.1, 0.15) is 11.7 Å². The van der Waals surface area contributed by atoms with Gasteiger partial charge in [-0.1, -0.05) is 54.6 Å². The maximum absolute atomic E-state index is 10.2. The van der Waals surface area contributed by atoms with Gasteiger partial charge in [0.15, 0.2) is 5.69 Å².